The predicted octanol–water partition coefficient (Wildman–Crippen LogP) is 2.29. The number of hydrogen-bond acceptors (Lipinski definition) is 4. The van der Waals surface area contributed by atoms with E-state index in [-0.39, 0.29) is 24.0 Å². The van der Waals surface area contributed by atoms with Gasteiger partial charge in [-0.3, -0.25) is 4.79 Å². The number of likely N-dealkylation sites (tertiary alicyclic amines) is 2. The van der Waals surface area contributed by atoms with E-state index in [4.69, 9.17) is 4.74 Å². The summed E-state index contributed by atoms with van der Waals surface area (Å²) >= 11 is 0. The second kappa shape index (κ2) is 8.08. The van der Waals surface area contributed by atoms with Crippen LogP contribution in [0.1, 0.15) is 32.3 Å². The summed E-state index contributed by atoms with van der Waals surface area (Å²) in [6.45, 7) is 5.45. The van der Waals surface area contributed by atoms with Gasteiger partial charge in [-0.05, 0) is 18.4 Å². The van der Waals surface area contributed by atoms with Gasteiger partial charge < -0.3 is 25.0 Å². The van der Waals surface area contributed by atoms with Crippen molar-refractivity contribution in [2.45, 2.75) is 45.4 Å². The van der Waals surface area contributed by atoms with Gasteiger partial charge in [0.15, 0.2) is 0 Å². The van der Waals surface area contributed by atoms with Crippen molar-refractivity contribution in [2.24, 2.45) is 5.41 Å². The Morgan fingerprint density at radius 1 is 1.21 bits per heavy atom. The Labute approximate surface area is 164 Å². The van der Waals surface area contributed by atoms with E-state index >= 15 is 0 Å². The molecule has 152 valence electrons. The monoisotopic (exact) mass is 389 g/mol. The van der Waals surface area contributed by atoms with Gasteiger partial charge in [-0.15, -0.1) is 0 Å². The lowest BCUT2D eigenvalue weighted by Crippen LogP contribution is -2.58. The van der Waals surface area contributed by atoms with E-state index in [9.17, 15) is 19.5 Å². The van der Waals surface area contributed by atoms with Crippen LogP contribution in [0.25, 0.3) is 0 Å². The second-order valence-corrected chi connectivity index (χ2v) is 8.08. The van der Waals surface area contributed by atoms with Crippen LogP contribution in [0.5, 0.6) is 0 Å². The molecule has 0 saturated carbocycles. The molecule has 2 heterocycles. The molecule has 2 atom stereocenters. The highest BCUT2D eigenvalue weighted by Crippen LogP contribution is 2.35. The van der Waals surface area contributed by atoms with Crippen LogP contribution in [0, 0.1) is 5.41 Å². The number of nitrogens with zero attached hydrogens (tertiary/aromatic N) is 2. The SMILES string of the molecule is CC1(C)CN(C(=O)O)CCC1N1CC[C@H](NC(=O)OCc2ccccc2)C1=O. The van der Waals surface area contributed by atoms with Crippen LogP contribution in [0.3, 0.4) is 0 Å². The molecule has 2 aliphatic rings. The number of ether oxygens (including phenoxy) is 1. The fraction of sp³-hybridized carbons (Fsp3) is 0.550. The molecule has 8 heteroatoms. The topological polar surface area (TPSA) is 99.2 Å². The molecule has 3 amide bonds. The second-order valence-electron chi connectivity index (χ2n) is 8.08. The molecule has 0 radical (unpaired) electrons. The quantitative estimate of drug-likeness (QED) is 0.823. The Hall–Kier alpha value is -2.77. The van der Waals surface area contributed by atoms with Crippen molar-refractivity contribution in [1.82, 2.24) is 15.1 Å². The molecule has 2 saturated heterocycles. The first-order valence-electron chi connectivity index (χ1n) is 9.53. The van der Waals surface area contributed by atoms with Crippen molar-refractivity contribution in [2.75, 3.05) is 19.6 Å². The third-order valence-electron chi connectivity index (χ3n) is 5.56. The average molecular weight is 389 g/mol. The number of alkyl carbamates (subject to hydrolysis) is 1. The number of hydrogen-bond donors (Lipinski definition) is 2. The number of benzene rings is 1. The lowest BCUT2D eigenvalue weighted by molar-refractivity contribution is -0.135. The van der Waals surface area contributed by atoms with Crippen LogP contribution in [0.15, 0.2) is 30.3 Å². The number of carbonyl (C=O) groups excluding carboxylic acids is 2. The molecule has 0 aliphatic carbocycles. The highest BCUT2D eigenvalue weighted by molar-refractivity contribution is 5.87. The molecule has 8 nitrogen and oxygen atoms in total. The molecule has 0 aromatic heterocycles. The van der Waals surface area contributed by atoms with Gasteiger partial charge in [0.2, 0.25) is 5.91 Å². The zero-order valence-corrected chi connectivity index (χ0v) is 16.3. The van der Waals surface area contributed by atoms with Crippen LogP contribution in [-0.4, -0.2) is 64.7 Å². The van der Waals surface area contributed by atoms with E-state index in [1.165, 1.54) is 4.90 Å². The number of carboxylic acid groups (broad SMARTS) is 1. The Balaban J connectivity index is 1.54. The molecule has 2 aliphatic heterocycles. The fourth-order valence-electron chi connectivity index (χ4n) is 4.14. The van der Waals surface area contributed by atoms with Gasteiger partial charge in [-0.25, -0.2) is 9.59 Å². The third kappa shape index (κ3) is 4.37. The van der Waals surface area contributed by atoms with Crippen molar-refractivity contribution in [3.05, 3.63) is 35.9 Å². The summed E-state index contributed by atoms with van der Waals surface area (Å²) in [4.78, 5) is 39.4. The van der Waals surface area contributed by atoms with Crippen molar-refractivity contribution in [3.8, 4) is 0 Å². The summed E-state index contributed by atoms with van der Waals surface area (Å²) in [5.41, 5.74) is 0.526. The fourth-order valence-corrected chi connectivity index (χ4v) is 4.14. The Morgan fingerprint density at radius 2 is 1.93 bits per heavy atom. The van der Waals surface area contributed by atoms with Gasteiger partial charge in [-0.1, -0.05) is 44.2 Å². The van der Waals surface area contributed by atoms with Crippen LogP contribution < -0.4 is 5.32 Å². The summed E-state index contributed by atoms with van der Waals surface area (Å²) in [5.74, 6) is -0.126. The van der Waals surface area contributed by atoms with Crippen LogP contribution in [-0.2, 0) is 16.1 Å². The van der Waals surface area contributed by atoms with Crippen LogP contribution >= 0.6 is 0 Å². The maximum absolute atomic E-state index is 12.8. The van der Waals surface area contributed by atoms with Crippen molar-refractivity contribution >= 4 is 18.1 Å². The van der Waals surface area contributed by atoms with Crippen molar-refractivity contribution in [3.63, 3.8) is 0 Å². The lowest BCUT2D eigenvalue weighted by Gasteiger charge is -2.47. The summed E-state index contributed by atoms with van der Waals surface area (Å²) in [5, 5.41) is 11.9. The third-order valence-corrected chi connectivity index (χ3v) is 5.56. The number of carbonyl (C=O) groups is 3. The number of rotatable bonds is 4. The maximum atomic E-state index is 12.8. The van der Waals surface area contributed by atoms with E-state index in [0.717, 1.165) is 5.56 Å². The maximum Gasteiger partial charge on any atom is 0.408 e. The molecular formula is C20H27N3O5. The highest BCUT2D eigenvalue weighted by atomic mass is 16.5. The average Bonchev–Trinajstić information content (AvgIpc) is 3.00. The molecule has 2 fully saturated rings. The minimum atomic E-state index is -0.931. The molecule has 1 aromatic rings. The van der Waals surface area contributed by atoms with E-state index in [2.05, 4.69) is 5.32 Å². The Bertz CT molecular complexity index is 737. The normalized spacial score (nSPS) is 24.1. The van der Waals surface area contributed by atoms with Crippen LogP contribution in [0.4, 0.5) is 9.59 Å². The van der Waals surface area contributed by atoms with E-state index < -0.39 is 18.2 Å². The summed E-state index contributed by atoms with van der Waals surface area (Å²) in [6.07, 6.45) is -0.422. The smallest absolute Gasteiger partial charge is 0.408 e. The van der Waals surface area contributed by atoms with Gasteiger partial charge >= 0.3 is 12.2 Å². The van der Waals surface area contributed by atoms with Gasteiger partial charge in [0.05, 0.1) is 0 Å². The standard InChI is InChI=1S/C20H27N3O5/c1-20(2)13-22(19(26)27)10-9-16(20)23-11-8-15(17(23)24)21-18(25)28-12-14-6-4-3-5-7-14/h3-7,15-16H,8-13H2,1-2H3,(H,21,25)(H,26,27)/t15-,16?/m0/s1. The van der Waals surface area contributed by atoms with Gasteiger partial charge in [0, 0.05) is 31.1 Å². The predicted molar refractivity (Wildman–Crippen MR) is 102 cm³/mol. The first kappa shape index (κ1) is 20.0. The van der Waals surface area contributed by atoms with Gasteiger partial charge in [0.25, 0.3) is 0 Å². The van der Waals surface area contributed by atoms with E-state index in [1.807, 2.05) is 44.2 Å². The molecule has 2 N–H and O–H groups in total. The molecular weight excluding hydrogens is 362 g/mol. The zero-order chi connectivity index (χ0) is 20.3. The molecule has 1 aromatic carbocycles. The van der Waals surface area contributed by atoms with Crippen LogP contribution in [0.2, 0.25) is 0 Å². The number of nitrogens with one attached hydrogen (secondary N) is 1. The van der Waals surface area contributed by atoms with Gasteiger partial charge in [0.1, 0.15) is 12.6 Å². The van der Waals surface area contributed by atoms with E-state index in [1.54, 1.807) is 4.90 Å². The minimum Gasteiger partial charge on any atom is -0.465 e. The van der Waals surface area contributed by atoms with Gasteiger partial charge in [-0.2, -0.15) is 0 Å². The number of amides is 3. The molecule has 3 rings (SSSR count). The molecule has 28 heavy (non-hydrogen) atoms. The Morgan fingerprint density at radius 3 is 2.57 bits per heavy atom. The summed E-state index contributed by atoms with van der Waals surface area (Å²) < 4.78 is 5.21. The van der Waals surface area contributed by atoms with Crippen molar-refractivity contribution in [1.29, 1.82) is 0 Å². The zero-order valence-electron chi connectivity index (χ0n) is 16.3. The summed E-state index contributed by atoms with van der Waals surface area (Å²) in [6, 6.07) is 8.69. The lowest BCUT2D eigenvalue weighted by atomic mass is 9.78. The first-order valence-corrected chi connectivity index (χ1v) is 9.53. The summed E-state index contributed by atoms with van der Waals surface area (Å²) in [7, 11) is 0. The number of piperidine rings is 1. The Kier molecular flexibility index (Phi) is 5.76. The van der Waals surface area contributed by atoms with E-state index in [0.29, 0.717) is 32.5 Å². The first-order chi connectivity index (χ1) is 13.3. The minimum absolute atomic E-state index is 0.0530. The highest BCUT2D eigenvalue weighted by Gasteiger charge is 2.46. The largest absolute Gasteiger partial charge is 0.465 e. The molecule has 1 unspecified atom stereocenters. The molecule has 0 spiro atoms. The molecule has 0 bridgehead atoms. The van der Waals surface area contributed by atoms with Crippen molar-refractivity contribution < 1.29 is 24.2 Å².